The number of amides is 1. The summed E-state index contributed by atoms with van der Waals surface area (Å²) in [6, 6.07) is 12.7. The van der Waals surface area contributed by atoms with E-state index in [1.165, 1.54) is 16.8 Å². The van der Waals surface area contributed by atoms with Gasteiger partial charge in [-0.1, -0.05) is 36.8 Å². The zero-order valence-electron chi connectivity index (χ0n) is 12.0. The molecule has 0 fully saturated rings. The van der Waals surface area contributed by atoms with Crippen LogP contribution in [0.25, 0.3) is 0 Å². The van der Waals surface area contributed by atoms with Crippen molar-refractivity contribution in [1.29, 1.82) is 0 Å². The summed E-state index contributed by atoms with van der Waals surface area (Å²) in [5.41, 5.74) is 3.65. The lowest BCUT2D eigenvalue weighted by Crippen LogP contribution is -2.42. The van der Waals surface area contributed by atoms with Gasteiger partial charge in [-0.15, -0.1) is 0 Å². The Labute approximate surface area is 119 Å². The van der Waals surface area contributed by atoms with Crippen molar-refractivity contribution >= 4 is 5.91 Å². The number of carbonyl (C=O) groups excluding carboxylic acids is 1. The number of hydrogen-bond donors (Lipinski definition) is 0. The third kappa shape index (κ3) is 2.13. The Bertz CT molecular complexity index is 612. The van der Waals surface area contributed by atoms with E-state index in [4.69, 9.17) is 0 Å². The molecule has 1 aliphatic heterocycles. The quantitative estimate of drug-likeness (QED) is 0.821. The lowest BCUT2D eigenvalue weighted by molar-refractivity contribution is -0.133. The normalized spacial score (nSPS) is 17.9. The van der Waals surface area contributed by atoms with Gasteiger partial charge in [-0.25, -0.2) is 0 Å². The predicted molar refractivity (Wildman–Crippen MR) is 79.5 cm³/mol. The Kier molecular flexibility index (Phi) is 3.35. The number of benzene rings is 1. The summed E-state index contributed by atoms with van der Waals surface area (Å²) in [4.78, 5) is 14.3. The van der Waals surface area contributed by atoms with Crippen molar-refractivity contribution in [2.45, 2.75) is 32.9 Å². The maximum absolute atomic E-state index is 12.3. The second-order valence-corrected chi connectivity index (χ2v) is 5.38. The van der Waals surface area contributed by atoms with Crippen LogP contribution in [0.5, 0.6) is 0 Å². The van der Waals surface area contributed by atoms with Crippen LogP contribution < -0.4 is 0 Å². The number of hydrogen-bond acceptors (Lipinski definition) is 1. The Morgan fingerprint density at radius 2 is 1.95 bits per heavy atom. The minimum atomic E-state index is 0.0480. The van der Waals surface area contributed by atoms with E-state index >= 15 is 0 Å². The number of rotatable bonds is 2. The molecule has 1 aliphatic rings. The molecule has 1 atom stereocenters. The summed E-state index contributed by atoms with van der Waals surface area (Å²) in [6.45, 7) is 5.69. The van der Waals surface area contributed by atoms with Crippen LogP contribution in [0.1, 0.15) is 36.2 Å². The van der Waals surface area contributed by atoms with Gasteiger partial charge in [0.25, 0.3) is 0 Å². The van der Waals surface area contributed by atoms with Crippen molar-refractivity contribution in [3.05, 3.63) is 59.4 Å². The number of aryl methyl sites for hydroxylation is 1. The second-order valence-electron chi connectivity index (χ2n) is 5.38. The van der Waals surface area contributed by atoms with Gasteiger partial charge in [0, 0.05) is 31.4 Å². The van der Waals surface area contributed by atoms with Crippen molar-refractivity contribution in [2.75, 3.05) is 6.54 Å². The van der Waals surface area contributed by atoms with Crippen LogP contribution in [-0.4, -0.2) is 21.9 Å². The van der Waals surface area contributed by atoms with E-state index in [9.17, 15) is 4.79 Å². The Morgan fingerprint density at radius 3 is 2.65 bits per heavy atom. The lowest BCUT2D eigenvalue weighted by Gasteiger charge is -2.37. The summed E-state index contributed by atoms with van der Waals surface area (Å²) in [5, 5.41) is 0. The van der Waals surface area contributed by atoms with Gasteiger partial charge >= 0.3 is 0 Å². The van der Waals surface area contributed by atoms with Crippen molar-refractivity contribution < 1.29 is 4.79 Å². The maximum atomic E-state index is 12.3. The molecule has 0 saturated heterocycles. The minimum absolute atomic E-state index is 0.0480. The molecular formula is C17H20N2O. The molecule has 1 aromatic heterocycles. The minimum Gasteiger partial charge on any atom is -0.348 e. The SMILES string of the molecule is CCC(=O)N1CCn2cccc2C1c1ccc(C)cc1. The molecule has 3 rings (SSSR count). The Hall–Kier alpha value is -2.03. The monoisotopic (exact) mass is 268 g/mol. The lowest BCUT2D eigenvalue weighted by atomic mass is 9.98. The number of nitrogens with zero attached hydrogens (tertiary/aromatic N) is 2. The zero-order valence-corrected chi connectivity index (χ0v) is 12.0. The van der Waals surface area contributed by atoms with Gasteiger partial charge in [0.15, 0.2) is 0 Å². The van der Waals surface area contributed by atoms with Crippen LogP contribution >= 0.6 is 0 Å². The summed E-state index contributed by atoms with van der Waals surface area (Å²) in [6.07, 6.45) is 2.66. The third-order valence-corrected chi connectivity index (χ3v) is 4.05. The van der Waals surface area contributed by atoms with Crippen molar-refractivity contribution in [3.63, 3.8) is 0 Å². The van der Waals surface area contributed by atoms with Gasteiger partial charge in [0.1, 0.15) is 0 Å². The van der Waals surface area contributed by atoms with Crippen molar-refractivity contribution in [1.82, 2.24) is 9.47 Å². The van der Waals surface area contributed by atoms with E-state index in [0.29, 0.717) is 6.42 Å². The number of fused-ring (bicyclic) bond motifs is 1. The molecule has 1 aromatic carbocycles. The van der Waals surface area contributed by atoms with E-state index in [1.807, 2.05) is 11.8 Å². The van der Waals surface area contributed by atoms with E-state index in [1.54, 1.807) is 0 Å². The highest BCUT2D eigenvalue weighted by Gasteiger charge is 2.31. The summed E-state index contributed by atoms with van der Waals surface area (Å²) in [7, 11) is 0. The first kappa shape index (κ1) is 13.0. The molecule has 0 radical (unpaired) electrons. The molecule has 0 N–H and O–H groups in total. The van der Waals surface area contributed by atoms with Crippen LogP contribution in [-0.2, 0) is 11.3 Å². The summed E-state index contributed by atoms with van der Waals surface area (Å²) >= 11 is 0. The molecule has 2 aromatic rings. The van der Waals surface area contributed by atoms with Crippen LogP contribution in [0.15, 0.2) is 42.6 Å². The first-order valence-electron chi connectivity index (χ1n) is 7.21. The van der Waals surface area contributed by atoms with E-state index in [-0.39, 0.29) is 11.9 Å². The topological polar surface area (TPSA) is 25.2 Å². The number of aromatic nitrogens is 1. The molecule has 0 aliphatic carbocycles. The highest BCUT2D eigenvalue weighted by Crippen LogP contribution is 2.32. The predicted octanol–water partition coefficient (Wildman–Crippen LogP) is 3.14. The van der Waals surface area contributed by atoms with Gasteiger partial charge in [0.2, 0.25) is 5.91 Å². The smallest absolute Gasteiger partial charge is 0.223 e. The maximum Gasteiger partial charge on any atom is 0.223 e. The van der Waals surface area contributed by atoms with E-state index in [2.05, 4.69) is 54.1 Å². The molecule has 1 amide bonds. The largest absolute Gasteiger partial charge is 0.348 e. The highest BCUT2D eigenvalue weighted by molar-refractivity contribution is 5.77. The van der Waals surface area contributed by atoms with Crippen LogP contribution in [0.4, 0.5) is 0 Å². The molecule has 20 heavy (non-hydrogen) atoms. The van der Waals surface area contributed by atoms with Crippen LogP contribution in [0.2, 0.25) is 0 Å². The average Bonchev–Trinajstić information content (AvgIpc) is 2.95. The second kappa shape index (κ2) is 5.16. The zero-order chi connectivity index (χ0) is 14.1. The summed E-state index contributed by atoms with van der Waals surface area (Å²) in [5.74, 6) is 0.225. The fraction of sp³-hybridized carbons (Fsp3) is 0.353. The molecular weight excluding hydrogens is 248 g/mol. The molecule has 3 heteroatoms. The van der Waals surface area contributed by atoms with E-state index < -0.39 is 0 Å². The highest BCUT2D eigenvalue weighted by atomic mass is 16.2. The summed E-state index contributed by atoms with van der Waals surface area (Å²) < 4.78 is 2.25. The first-order chi connectivity index (χ1) is 9.70. The Balaban J connectivity index is 2.06. The molecule has 1 unspecified atom stereocenters. The number of carbonyl (C=O) groups is 1. The van der Waals surface area contributed by atoms with Crippen LogP contribution in [0.3, 0.4) is 0 Å². The van der Waals surface area contributed by atoms with Gasteiger partial charge in [-0.3, -0.25) is 4.79 Å². The standard InChI is InChI=1S/C17H20N2O/c1-3-16(20)19-12-11-18-10-4-5-15(18)17(19)14-8-6-13(2)7-9-14/h4-10,17H,3,11-12H2,1-2H3. The third-order valence-electron chi connectivity index (χ3n) is 4.05. The van der Waals surface area contributed by atoms with Gasteiger partial charge in [-0.05, 0) is 24.6 Å². The van der Waals surface area contributed by atoms with Crippen molar-refractivity contribution in [2.24, 2.45) is 0 Å². The van der Waals surface area contributed by atoms with Gasteiger partial charge in [-0.2, -0.15) is 0 Å². The van der Waals surface area contributed by atoms with Crippen molar-refractivity contribution in [3.8, 4) is 0 Å². The van der Waals surface area contributed by atoms with E-state index in [0.717, 1.165) is 13.1 Å². The van der Waals surface area contributed by atoms with Crippen LogP contribution in [0, 0.1) is 6.92 Å². The fourth-order valence-corrected chi connectivity index (χ4v) is 2.95. The average molecular weight is 268 g/mol. The fourth-order valence-electron chi connectivity index (χ4n) is 2.95. The van der Waals surface area contributed by atoms with Gasteiger partial charge in [0.05, 0.1) is 6.04 Å². The molecule has 2 heterocycles. The molecule has 0 saturated carbocycles. The molecule has 3 nitrogen and oxygen atoms in total. The first-order valence-corrected chi connectivity index (χ1v) is 7.21. The van der Waals surface area contributed by atoms with Gasteiger partial charge < -0.3 is 9.47 Å². The molecule has 104 valence electrons. The molecule has 0 bridgehead atoms. The Morgan fingerprint density at radius 1 is 1.20 bits per heavy atom. The molecule has 0 spiro atoms.